The van der Waals surface area contributed by atoms with Crippen molar-refractivity contribution in [3.8, 4) is 17.2 Å². The lowest BCUT2D eigenvalue weighted by atomic mass is 10.1. The molecule has 1 heterocycles. The predicted octanol–water partition coefficient (Wildman–Crippen LogP) is 3.98. The molecule has 0 aromatic heterocycles. The van der Waals surface area contributed by atoms with E-state index in [9.17, 15) is 17.6 Å². The predicted molar refractivity (Wildman–Crippen MR) is 120 cm³/mol. The highest BCUT2D eigenvalue weighted by molar-refractivity contribution is 7.94. The van der Waals surface area contributed by atoms with Crippen molar-refractivity contribution >= 4 is 21.4 Å². The van der Waals surface area contributed by atoms with E-state index < -0.39 is 27.6 Å². The van der Waals surface area contributed by atoms with Gasteiger partial charge in [-0.1, -0.05) is 0 Å². The van der Waals surface area contributed by atoms with Crippen molar-refractivity contribution in [2.45, 2.75) is 26.8 Å². The van der Waals surface area contributed by atoms with Crippen molar-refractivity contribution in [3.05, 3.63) is 59.3 Å². The third-order valence-electron chi connectivity index (χ3n) is 4.72. The standard InChI is InChI=1S/C23H26FNO6S/c1-4-29-20-13-16(14-21(30-5-2)22(20)31-6-3)23(26)25(18-9-7-17(24)8-10-18)19-11-12-32(27,28)15-19/h7-14,19H,4-6,15H2,1-3H3. The summed E-state index contributed by atoms with van der Waals surface area (Å²) in [5.74, 6) is -0.120. The van der Waals surface area contributed by atoms with Crippen LogP contribution in [0, 0.1) is 5.82 Å². The zero-order valence-electron chi connectivity index (χ0n) is 18.2. The Bertz CT molecular complexity index is 1070. The van der Waals surface area contributed by atoms with Gasteiger partial charge in [-0.15, -0.1) is 0 Å². The van der Waals surface area contributed by atoms with Crippen molar-refractivity contribution in [2.24, 2.45) is 0 Å². The van der Waals surface area contributed by atoms with Crippen LogP contribution < -0.4 is 19.1 Å². The molecule has 1 amide bonds. The molecular formula is C23H26FNO6S. The summed E-state index contributed by atoms with van der Waals surface area (Å²) in [5.41, 5.74) is 0.593. The molecule has 1 atom stereocenters. The number of anilines is 1. The third kappa shape index (κ3) is 5.21. The van der Waals surface area contributed by atoms with Crippen LogP contribution in [0.25, 0.3) is 0 Å². The Labute approximate surface area is 187 Å². The van der Waals surface area contributed by atoms with Crippen molar-refractivity contribution in [1.29, 1.82) is 0 Å². The second-order valence-corrected chi connectivity index (χ2v) is 8.91. The molecule has 2 aromatic rings. The number of ether oxygens (including phenoxy) is 3. The molecule has 0 saturated carbocycles. The molecular weight excluding hydrogens is 437 g/mol. The molecule has 0 radical (unpaired) electrons. The number of hydrogen-bond acceptors (Lipinski definition) is 6. The van der Waals surface area contributed by atoms with E-state index in [4.69, 9.17) is 14.2 Å². The highest BCUT2D eigenvalue weighted by Crippen LogP contribution is 2.40. The van der Waals surface area contributed by atoms with E-state index in [-0.39, 0.29) is 11.3 Å². The lowest BCUT2D eigenvalue weighted by molar-refractivity contribution is 0.0982. The van der Waals surface area contributed by atoms with Crippen LogP contribution in [0.2, 0.25) is 0 Å². The lowest BCUT2D eigenvalue weighted by Crippen LogP contribution is -2.41. The highest BCUT2D eigenvalue weighted by atomic mass is 32.2. The first-order valence-corrected chi connectivity index (χ1v) is 12.1. The fourth-order valence-electron chi connectivity index (χ4n) is 3.43. The minimum Gasteiger partial charge on any atom is -0.490 e. The molecule has 0 fully saturated rings. The number of hydrogen-bond donors (Lipinski definition) is 0. The van der Waals surface area contributed by atoms with Crippen LogP contribution in [0.15, 0.2) is 47.9 Å². The lowest BCUT2D eigenvalue weighted by Gasteiger charge is -2.28. The van der Waals surface area contributed by atoms with Gasteiger partial charge in [0.05, 0.1) is 31.6 Å². The molecule has 0 N–H and O–H groups in total. The van der Waals surface area contributed by atoms with E-state index in [1.165, 1.54) is 35.2 Å². The van der Waals surface area contributed by atoms with Gasteiger partial charge in [0.15, 0.2) is 21.3 Å². The van der Waals surface area contributed by atoms with Gasteiger partial charge in [0, 0.05) is 16.7 Å². The molecule has 0 spiro atoms. The second-order valence-electron chi connectivity index (χ2n) is 6.98. The van der Waals surface area contributed by atoms with Gasteiger partial charge in [0.2, 0.25) is 5.75 Å². The number of rotatable bonds is 9. The molecule has 2 aromatic carbocycles. The Balaban J connectivity index is 2.10. The van der Waals surface area contributed by atoms with Gasteiger partial charge in [0.25, 0.3) is 5.91 Å². The van der Waals surface area contributed by atoms with Crippen LogP contribution in [0.5, 0.6) is 17.2 Å². The molecule has 172 valence electrons. The fraction of sp³-hybridized carbons (Fsp3) is 0.348. The Morgan fingerprint density at radius 1 is 1.00 bits per heavy atom. The average molecular weight is 464 g/mol. The smallest absolute Gasteiger partial charge is 0.259 e. The number of carbonyl (C=O) groups excluding carboxylic acids is 1. The van der Waals surface area contributed by atoms with Crippen LogP contribution in [0.1, 0.15) is 31.1 Å². The highest BCUT2D eigenvalue weighted by Gasteiger charge is 2.33. The summed E-state index contributed by atoms with van der Waals surface area (Å²) >= 11 is 0. The van der Waals surface area contributed by atoms with E-state index in [0.717, 1.165) is 5.41 Å². The van der Waals surface area contributed by atoms with E-state index in [1.54, 1.807) is 12.1 Å². The van der Waals surface area contributed by atoms with Gasteiger partial charge in [-0.25, -0.2) is 12.8 Å². The summed E-state index contributed by atoms with van der Waals surface area (Å²) in [6.45, 7) is 6.50. The zero-order chi connectivity index (χ0) is 23.3. The van der Waals surface area contributed by atoms with Crippen molar-refractivity contribution < 1.29 is 31.8 Å². The maximum absolute atomic E-state index is 13.7. The SMILES string of the molecule is CCOc1cc(C(=O)N(c2ccc(F)cc2)C2C=CS(=O)(=O)C2)cc(OCC)c1OCC. The molecule has 7 nitrogen and oxygen atoms in total. The number of sulfone groups is 1. The number of carbonyl (C=O) groups is 1. The first-order chi connectivity index (χ1) is 15.3. The number of benzene rings is 2. The normalized spacial score (nSPS) is 16.6. The summed E-state index contributed by atoms with van der Waals surface area (Å²) in [5, 5.41) is 1.09. The van der Waals surface area contributed by atoms with Crippen molar-refractivity contribution in [3.63, 3.8) is 0 Å². The third-order valence-corrected chi connectivity index (χ3v) is 6.10. The minimum atomic E-state index is -3.44. The van der Waals surface area contributed by atoms with E-state index >= 15 is 0 Å². The topological polar surface area (TPSA) is 82.1 Å². The first kappa shape index (κ1) is 23.6. The summed E-state index contributed by atoms with van der Waals surface area (Å²) in [4.78, 5) is 15.0. The molecule has 32 heavy (non-hydrogen) atoms. The monoisotopic (exact) mass is 463 g/mol. The zero-order valence-corrected chi connectivity index (χ0v) is 19.0. The van der Waals surface area contributed by atoms with Crippen LogP contribution >= 0.6 is 0 Å². The summed E-state index contributed by atoms with van der Waals surface area (Å²) in [7, 11) is -3.44. The molecule has 1 aliphatic rings. The maximum Gasteiger partial charge on any atom is 0.259 e. The number of nitrogens with zero attached hydrogens (tertiary/aromatic N) is 1. The van der Waals surface area contributed by atoms with Gasteiger partial charge < -0.3 is 19.1 Å². The fourth-order valence-corrected chi connectivity index (χ4v) is 4.70. The molecule has 0 aliphatic carbocycles. The number of halogens is 1. The average Bonchev–Trinajstić information content (AvgIpc) is 3.11. The van der Waals surface area contributed by atoms with E-state index in [1.807, 2.05) is 20.8 Å². The molecule has 0 bridgehead atoms. The Kier molecular flexibility index (Phi) is 7.40. The summed E-state index contributed by atoms with van der Waals surface area (Å²) < 4.78 is 54.7. The second kappa shape index (κ2) is 10.0. The van der Waals surface area contributed by atoms with Gasteiger partial charge in [-0.05, 0) is 63.2 Å². The Hall–Kier alpha value is -3.07. The molecule has 3 rings (SSSR count). The van der Waals surface area contributed by atoms with Crippen LogP contribution in [0.3, 0.4) is 0 Å². The number of amides is 1. The molecule has 1 aliphatic heterocycles. The summed E-state index contributed by atoms with van der Waals surface area (Å²) in [6.07, 6.45) is 1.46. The van der Waals surface area contributed by atoms with Crippen LogP contribution in [-0.2, 0) is 9.84 Å². The van der Waals surface area contributed by atoms with Crippen molar-refractivity contribution in [1.82, 2.24) is 0 Å². The first-order valence-electron chi connectivity index (χ1n) is 10.4. The largest absolute Gasteiger partial charge is 0.490 e. The minimum absolute atomic E-state index is 0.224. The van der Waals surface area contributed by atoms with Gasteiger partial charge >= 0.3 is 0 Å². The molecule has 1 unspecified atom stereocenters. The Morgan fingerprint density at radius 2 is 1.56 bits per heavy atom. The van der Waals surface area contributed by atoms with Gasteiger partial charge in [0.1, 0.15) is 5.82 Å². The molecule has 9 heteroatoms. The van der Waals surface area contributed by atoms with Gasteiger partial charge in [-0.2, -0.15) is 0 Å². The van der Waals surface area contributed by atoms with Gasteiger partial charge in [-0.3, -0.25) is 4.79 Å². The molecule has 0 saturated heterocycles. The summed E-state index contributed by atoms with van der Waals surface area (Å²) in [6, 6.07) is 7.67. The van der Waals surface area contributed by atoms with Crippen LogP contribution in [0.4, 0.5) is 10.1 Å². The quantitative estimate of drug-likeness (QED) is 0.560. The van der Waals surface area contributed by atoms with E-state index in [2.05, 4.69) is 0 Å². The van der Waals surface area contributed by atoms with Crippen LogP contribution in [-0.4, -0.2) is 45.9 Å². The van der Waals surface area contributed by atoms with E-state index in [0.29, 0.717) is 42.8 Å². The Morgan fingerprint density at radius 3 is 2.03 bits per heavy atom. The maximum atomic E-state index is 13.7. The van der Waals surface area contributed by atoms with Crippen molar-refractivity contribution in [2.75, 3.05) is 30.5 Å².